The van der Waals surface area contributed by atoms with Crippen LogP contribution < -0.4 is 5.32 Å². The van der Waals surface area contributed by atoms with Crippen molar-refractivity contribution < 1.29 is 9.53 Å². The highest BCUT2D eigenvalue weighted by Gasteiger charge is 2.22. The number of rotatable bonds is 5. The molecule has 3 unspecified atom stereocenters. The molecule has 90 valence electrons. The molecule has 1 N–H and O–H groups in total. The second kappa shape index (κ2) is 5.96. The van der Waals surface area contributed by atoms with Gasteiger partial charge in [0, 0.05) is 17.6 Å². The van der Waals surface area contributed by atoms with Crippen molar-refractivity contribution in [1.29, 1.82) is 0 Å². The summed E-state index contributed by atoms with van der Waals surface area (Å²) < 4.78 is 4.71. The molecule has 0 aromatic carbocycles. The van der Waals surface area contributed by atoms with Gasteiger partial charge in [-0.25, -0.2) is 4.98 Å². The van der Waals surface area contributed by atoms with Crippen molar-refractivity contribution in [1.82, 2.24) is 10.3 Å². The lowest BCUT2D eigenvalue weighted by atomic mass is 10.0. The molecular formula is C11H18N2O2S. The number of hydrogen-bond donors (Lipinski definition) is 1. The highest BCUT2D eigenvalue weighted by molar-refractivity contribution is 7.09. The van der Waals surface area contributed by atoms with Gasteiger partial charge in [0.15, 0.2) is 0 Å². The highest BCUT2D eigenvalue weighted by Crippen LogP contribution is 2.17. The third-order valence-electron chi connectivity index (χ3n) is 2.66. The molecule has 4 nitrogen and oxygen atoms in total. The summed E-state index contributed by atoms with van der Waals surface area (Å²) >= 11 is 1.61. The summed E-state index contributed by atoms with van der Waals surface area (Å²) in [7, 11) is 1.41. The van der Waals surface area contributed by atoms with Crippen molar-refractivity contribution in [2.24, 2.45) is 5.92 Å². The number of carbonyl (C=O) groups is 1. The van der Waals surface area contributed by atoms with Crippen LogP contribution in [0.25, 0.3) is 0 Å². The van der Waals surface area contributed by atoms with E-state index in [1.165, 1.54) is 7.11 Å². The molecule has 0 saturated carbocycles. The summed E-state index contributed by atoms with van der Waals surface area (Å²) in [5, 5.41) is 6.32. The minimum atomic E-state index is -0.189. The first-order chi connectivity index (χ1) is 7.56. The van der Waals surface area contributed by atoms with Crippen LogP contribution in [-0.2, 0) is 9.53 Å². The zero-order chi connectivity index (χ0) is 12.1. The Balaban J connectivity index is 2.51. The maximum Gasteiger partial charge on any atom is 0.309 e. The molecule has 16 heavy (non-hydrogen) atoms. The minimum Gasteiger partial charge on any atom is -0.469 e. The number of nitrogens with zero attached hydrogens (tertiary/aromatic N) is 1. The molecule has 5 heteroatoms. The van der Waals surface area contributed by atoms with Gasteiger partial charge in [0.1, 0.15) is 5.01 Å². The molecule has 1 rings (SSSR count). The van der Waals surface area contributed by atoms with Gasteiger partial charge in [0.25, 0.3) is 0 Å². The Morgan fingerprint density at radius 3 is 2.69 bits per heavy atom. The van der Waals surface area contributed by atoms with Crippen molar-refractivity contribution in [2.45, 2.75) is 32.9 Å². The van der Waals surface area contributed by atoms with E-state index in [0.717, 1.165) is 5.01 Å². The summed E-state index contributed by atoms with van der Waals surface area (Å²) in [6.07, 6.45) is 1.78. The lowest BCUT2D eigenvalue weighted by Gasteiger charge is -2.22. The molecule has 0 spiro atoms. The monoisotopic (exact) mass is 242 g/mol. The maximum absolute atomic E-state index is 11.3. The van der Waals surface area contributed by atoms with Crippen LogP contribution in [0, 0.1) is 5.92 Å². The molecular weight excluding hydrogens is 224 g/mol. The van der Waals surface area contributed by atoms with Gasteiger partial charge < -0.3 is 10.1 Å². The normalized spacial score (nSPS) is 16.5. The van der Waals surface area contributed by atoms with Gasteiger partial charge in [-0.3, -0.25) is 4.79 Å². The van der Waals surface area contributed by atoms with Crippen molar-refractivity contribution in [3.63, 3.8) is 0 Å². The van der Waals surface area contributed by atoms with Crippen molar-refractivity contribution in [2.75, 3.05) is 7.11 Å². The van der Waals surface area contributed by atoms with E-state index in [1.807, 2.05) is 26.2 Å². The van der Waals surface area contributed by atoms with Crippen LogP contribution in [0.4, 0.5) is 0 Å². The van der Waals surface area contributed by atoms with Crippen LogP contribution in [0.3, 0.4) is 0 Å². The first-order valence-electron chi connectivity index (χ1n) is 5.29. The Labute approximate surface area is 100 Å². The molecule has 0 radical (unpaired) electrons. The summed E-state index contributed by atoms with van der Waals surface area (Å²) in [6, 6.07) is 0.216. The zero-order valence-electron chi connectivity index (χ0n) is 10.1. The third kappa shape index (κ3) is 3.28. The highest BCUT2D eigenvalue weighted by atomic mass is 32.1. The number of thiazole rings is 1. The Morgan fingerprint density at radius 1 is 1.50 bits per heavy atom. The molecule has 0 saturated heterocycles. The Morgan fingerprint density at radius 2 is 2.19 bits per heavy atom. The SMILES string of the molecule is COC(=O)C(C)C(C)NC(C)c1nccs1. The molecule has 1 heterocycles. The fourth-order valence-corrected chi connectivity index (χ4v) is 2.10. The Bertz CT molecular complexity index is 327. The second-order valence-corrected chi connectivity index (χ2v) is 4.79. The first-order valence-corrected chi connectivity index (χ1v) is 6.17. The number of ether oxygens (including phenoxy) is 1. The zero-order valence-corrected chi connectivity index (χ0v) is 10.9. The minimum absolute atomic E-state index is 0.0614. The van der Waals surface area contributed by atoms with Crippen LogP contribution in [-0.4, -0.2) is 24.1 Å². The third-order valence-corrected chi connectivity index (χ3v) is 3.62. The average Bonchev–Trinajstić information content (AvgIpc) is 2.80. The number of carbonyl (C=O) groups excluding carboxylic acids is 1. The van der Waals surface area contributed by atoms with Crippen LogP contribution >= 0.6 is 11.3 Å². The fraction of sp³-hybridized carbons (Fsp3) is 0.636. The average molecular weight is 242 g/mol. The molecule has 0 fully saturated rings. The van der Waals surface area contributed by atoms with Gasteiger partial charge in [0.05, 0.1) is 19.1 Å². The quantitative estimate of drug-likeness (QED) is 0.802. The molecule has 0 aliphatic rings. The van der Waals surface area contributed by atoms with Crippen LogP contribution in [0.5, 0.6) is 0 Å². The van der Waals surface area contributed by atoms with Gasteiger partial charge >= 0.3 is 5.97 Å². The van der Waals surface area contributed by atoms with Gasteiger partial charge in [-0.2, -0.15) is 0 Å². The number of hydrogen-bond acceptors (Lipinski definition) is 5. The van der Waals surface area contributed by atoms with E-state index in [9.17, 15) is 4.79 Å². The van der Waals surface area contributed by atoms with Gasteiger partial charge in [-0.1, -0.05) is 6.92 Å². The van der Waals surface area contributed by atoms with E-state index in [2.05, 4.69) is 10.3 Å². The van der Waals surface area contributed by atoms with E-state index < -0.39 is 0 Å². The molecule has 1 aromatic rings. The number of methoxy groups -OCH3 is 1. The molecule has 0 aliphatic carbocycles. The van der Waals surface area contributed by atoms with E-state index in [-0.39, 0.29) is 24.0 Å². The van der Waals surface area contributed by atoms with Crippen LogP contribution in [0.15, 0.2) is 11.6 Å². The predicted molar refractivity (Wildman–Crippen MR) is 64.3 cm³/mol. The summed E-state index contributed by atoms with van der Waals surface area (Å²) in [5.41, 5.74) is 0. The predicted octanol–water partition coefficient (Wildman–Crippen LogP) is 1.99. The molecule has 0 bridgehead atoms. The van der Waals surface area contributed by atoms with Crippen LogP contribution in [0.1, 0.15) is 31.8 Å². The standard InChI is InChI=1S/C11H18N2O2S/c1-7(11(14)15-4)8(2)13-9(3)10-12-5-6-16-10/h5-9,13H,1-4H3. The van der Waals surface area contributed by atoms with E-state index in [1.54, 1.807) is 17.5 Å². The van der Waals surface area contributed by atoms with Crippen molar-refractivity contribution >= 4 is 17.3 Å². The number of aromatic nitrogens is 1. The first kappa shape index (κ1) is 13.1. The lowest BCUT2D eigenvalue weighted by molar-refractivity contribution is -0.145. The second-order valence-electron chi connectivity index (χ2n) is 3.86. The smallest absolute Gasteiger partial charge is 0.309 e. The maximum atomic E-state index is 11.3. The van der Waals surface area contributed by atoms with Crippen molar-refractivity contribution in [3.8, 4) is 0 Å². The van der Waals surface area contributed by atoms with Gasteiger partial charge in [-0.05, 0) is 13.8 Å². The van der Waals surface area contributed by atoms with Crippen molar-refractivity contribution in [3.05, 3.63) is 16.6 Å². The number of esters is 1. The van der Waals surface area contributed by atoms with Gasteiger partial charge in [-0.15, -0.1) is 11.3 Å². The van der Waals surface area contributed by atoms with Crippen LogP contribution in [0.2, 0.25) is 0 Å². The Kier molecular flexibility index (Phi) is 4.89. The van der Waals surface area contributed by atoms with Gasteiger partial charge in [0.2, 0.25) is 0 Å². The summed E-state index contributed by atoms with van der Waals surface area (Å²) in [6.45, 7) is 5.88. The number of nitrogens with one attached hydrogen (secondary N) is 1. The molecule has 1 aromatic heterocycles. The molecule has 3 atom stereocenters. The largest absolute Gasteiger partial charge is 0.469 e. The lowest BCUT2D eigenvalue weighted by Crippen LogP contribution is -2.38. The topological polar surface area (TPSA) is 51.2 Å². The molecule has 0 aliphatic heterocycles. The summed E-state index contributed by atoms with van der Waals surface area (Å²) in [5.74, 6) is -0.348. The van der Waals surface area contributed by atoms with E-state index in [0.29, 0.717) is 0 Å². The fourth-order valence-electron chi connectivity index (χ4n) is 1.45. The molecule has 0 amide bonds. The van der Waals surface area contributed by atoms with E-state index >= 15 is 0 Å². The Hall–Kier alpha value is -0.940. The van der Waals surface area contributed by atoms with E-state index in [4.69, 9.17) is 4.74 Å². The summed E-state index contributed by atoms with van der Waals surface area (Å²) in [4.78, 5) is 15.6.